The van der Waals surface area contributed by atoms with E-state index in [9.17, 15) is 9.59 Å². The van der Waals surface area contributed by atoms with Gasteiger partial charge in [0, 0.05) is 5.56 Å². The fraction of sp³-hybridized carbons (Fsp3) is 0.0625. The molecule has 0 aliphatic heterocycles. The first-order valence-electron chi connectivity index (χ1n) is 6.53. The van der Waals surface area contributed by atoms with Crippen molar-refractivity contribution >= 4 is 46.4 Å². The fourth-order valence-electron chi connectivity index (χ4n) is 1.79. The average molecular weight is 348 g/mol. The van der Waals surface area contributed by atoms with Gasteiger partial charge in [-0.2, -0.15) is 5.26 Å². The van der Waals surface area contributed by atoms with E-state index in [2.05, 4.69) is 10.6 Å². The van der Waals surface area contributed by atoms with Crippen LogP contribution in [0, 0.1) is 11.3 Å². The molecule has 7 heteroatoms. The van der Waals surface area contributed by atoms with Crippen molar-refractivity contribution in [2.24, 2.45) is 0 Å². The summed E-state index contributed by atoms with van der Waals surface area (Å²) in [5.74, 6) is -0.846. The number of benzene rings is 2. The van der Waals surface area contributed by atoms with Crippen molar-refractivity contribution in [1.82, 2.24) is 0 Å². The molecule has 0 atom stereocenters. The zero-order valence-electron chi connectivity index (χ0n) is 11.8. The van der Waals surface area contributed by atoms with Crippen molar-refractivity contribution < 1.29 is 9.59 Å². The van der Waals surface area contributed by atoms with Gasteiger partial charge >= 0.3 is 0 Å². The number of hydrogen-bond donors (Lipinski definition) is 2. The van der Waals surface area contributed by atoms with Crippen molar-refractivity contribution in [3.63, 3.8) is 0 Å². The topological polar surface area (TPSA) is 82.0 Å². The Bertz CT molecular complexity index is 786. The summed E-state index contributed by atoms with van der Waals surface area (Å²) in [6.07, 6.45) is -0.301. The van der Waals surface area contributed by atoms with Gasteiger partial charge in [-0.1, -0.05) is 41.4 Å². The smallest absolute Gasteiger partial charge is 0.255 e. The van der Waals surface area contributed by atoms with Crippen molar-refractivity contribution in [3.8, 4) is 6.07 Å². The third kappa shape index (κ3) is 4.46. The highest BCUT2D eigenvalue weighted by Gasteiger charge is 2.13. The van der Waals surface area contributed by atoms with E-state index in [1.54, 1.807) is 36.4 Å². The van der Waals surface area contributed by atoms with E-state index in [0.29, 0.717) is 11.3 Å². The molecule has 2 N–H and O–H groups in total. The van der Waals surface area contributed by atoms with E-state index in [1.807, 2.05) is 0 Å². The Morgan fingerprint density at radius 1 is 1.00 bits per heavy atom. The molecule has 0 spiro atoms. The molecule has 2 rings (SSSR count). The first-order valence-corrected chi connectivity index (χ1v) is 7.29. The largest absolute Gasteiger partial charge is 0.324 e. The highest BCUT2D eigenvalue weighted by Crippen LogP contribution is 2.33. The zero-order chi connectivity index (χ0) is 16.8. The number of carbonyl (C=O) groups excluding carboxylic acids is 2. The molecule has 0 heterocycles. The number of amides is 2. The molecule has 0 aromatic heterocycles. The summed E-state index contributed by atoms with van der Waals surface area (Å²) < 4.78 is 0. The second-order valence-corrected chi connectivity index (χ2v) is 5.33. The lowest BCUT2D eigenvalue weighted by Gasteiger charge is -2.12. The first kappa shape index (κ1) is 16.8. The first-order chi connectivity index (χ1) is 11.0. The summed E-state index contributed by atoms with van der Waals surface area (Å²) >= 11 is 12.1. The van der Waals surface area contributed by atoms with Gasteiger partial charge in [0.1, 0.15) is 6.42 Å². The Hall–Kier alpha value is -2.55. The van der Waals surface area contributed by atoms with E-state index in [4.69, 9.17) is 28.5 Å². The van der Waals surface area contributed by atoms with E-state index < -0.39 is 5.91 Å². The quantitative estimate of drug-likeness (QED) is 0.873. The molecule has 0 saturated heterocycles. The maximum Gasteiger partial charge on any atom is 0.255 e. The van der Waals surface area contributed by atoms with Crippen molar-refractivity contribution in [2.45, 2.75) is 6.42 Å². The van der Waals surface area contributed by atoms with Crippen LogP contribution in [-0.4, -0.2) is 11.8 Å². The van der Waals surface area contributed by atoms with Crippen molar-refractivity contribution in [2.75, 3.05) is 10.6 Å². The molecule has 116 valence electrons. The minimum atomic E-state index is -0.503. The predicted molar refractivity (Wildman–Crippen MR) is 89.7 cm³/mol. The van der Waals surface area contributed by atoms with E-state index >= 15 is 0 Å². The Morgan fingerprint density at radius 2 is 1.61 bits per heavy atom. The van der Waals surface area contributed by atoms with Gasteiger partial charge in [0.25, 0.3) is 5.91 Å². The molecule has 2 amide bonds. The molecule has 0 saturated carbocycles. The number of carbonyl (C=O) groups is 2. The fourth-order valence-corrected chi connectivity index (χ4v) is 2.27. The summed E-state index contributed by atoms with van der Waals surface area (Å²) in [4.78, 5) is 23.6. The van der Waals surface area contributed by atoms with Gasteiger partial charge in [0.15, 0.2) is 0 Å². The lowest BCUT2D eigenvalue weighted by Crippen LogP contribution is -2.14. The van der Waals surface area contributed by atoms with Gasteiger partial charge in [0.05, 0.1) is 27.5 Å². The maximum absolute atomic E-state index is 12.2. The second-order valence-electron chi connectivity index (χ2n) is 4.52. The summed E-state index contributed by atoms with van der Waals surface area (Å²) in [5, 5.41) is 14.1. The van der Waals surface area contributed by atoms with Gasteiger partial charge in [-0.05, 0) is 24.3 Å². The Morgan fingerprint density at radius 3 is 2.22 bits per heavy atom. The van der Waals surface area contributed by atoms with Crippen LogP contribution < -0.4 is 10.6 Å². The molecule has 23 heavy (non-hydrogen) atoms. The van der Waals surface area contributed by atoms with E-state index in [1.165, 1.54) is 12.1 Å². The molecular weight excluding hydrogens is 337 g/mol. The SMILES string of the molecule is N#CCC(=O)Nc1cc(NC(=O)c2ccccc2)c(Cl)cc1Cl. The van der Waals surface area contributed by atoms with Crippen LogP contribution in [0.4, 0.5) is 11.4 Å². The van der Waals surface area contributed by atoms with Gasteiger partial charge in [-0.25, -0.2) is 0 Å². The zero-order valence-corrected chi connectivity index (χ0v) is 13.3. The van der Waals surface area contributed by atoms with Crippen LogP contribution >= 0.6 is 23.2 Å². The van der Waals surface area contributed by atoms with Crippen LogP contribution in [0.15, 0.2) is 42.5 Å². The van der Waals surface area contributed by atoms with Gasteiger partial charge in [0.2, 0.25) is 5.91 Å². The third-order valence-electron chi connectivity index (χ3n) is 2.85. The number of nitrogens with one attached hydrogen (secondary N) is 2. The molecule has 0 aliphatic rings. The average Bonchev–Trinajstić information content (AvgIpc) is 2.53. The van der Waals surface area contributed by atoms with Crippen LogP contribution in [-0.2, 0) is 4.79 Å². The Kier molecular flexibility index (Phi) is 5.58. The monoisotopic (exact) mass is 347 g/mol. The Labute approximate surface area is 142 Å². The van der Waals surface area contributed by atoms with Crippen LogP contribution in [0.5, 0.6) is 0 Å². The lowest BCUT2D eigenvalue weighted by molar-refractivity contribution is -0.115. The molecular formula is C16H11Cl2N3O2. The second kappa shape index (κ2) is 7.63. The third-order valence-corrected chi connectivity index (χ3v) is 3.48. The van der Waals surface area contributed by atoms with E-state index in [-0.39, 0.29) is 28.1 Å². The summed E-state index contributed by atoms with van der Waals surface area (Å²) in [6.45, 7) is 0. The highest BCUT2D eigenvalue weighted by atomic mass is 35.5. The molecule has 5 nitrogen and oxygen atoms in total. The molecule has 0 aliphatic carbocycles. The molecule has 2 aromatic carbocycles. The van der Waals surface area contributed by atoms with Gasteiger partial charge in [-0.3, -0.25) is 9.59 Å². The number of halogens is 2. The summed E-state index contributed by atoms with van der Waals surface area (Å²) in [7, 11) is 0. The van der Waals surface area contributed by atoms with Crippen molar-refractivity contribution in [1.29, 1.82) is 5.26 Å². The Balaban J connectivity index is 2.23. The standard InChI is InChI=1S/C16H11Cl2N3O2/c17-11-8-12(18)14(9-13(11)20-15(22)6-7-19)21-16(23)10-4-2-1-3-5-10/h1-5,8-9H,6H2,(H,20,22)(H,21,23). The van der Waals surface area contributed by atoms with Crippen LogP contribution in [0.3, 0.4) is 0 Å². The lowest BCUT2D eigenvalue weighted by atomic mass is 10.2. The predicted octanol–water partition coefficient (Wildman–Crippen LogP) is 4.10. The van der Waals surface area contributed by atoms with Gasteiger partial charge in [-0.15, -0.1) is 0 Å². The number of hydrogen-bond acceptors (Lipinski definition) is 3. The highest BCUT2D eigenvalue weighted by molar-refractivity contribution is 6.38. The number of nitrogens with zero attached hydrogens (tertiary/aromatic N) is 1. The molecule has 2 aromatic rings. The molecule has 0 radical (unpaired) electrons. The van der Waals surface area contributed by atoms with Crippen LogP contribution in [0.25, 0.3) is 0 Å². The molecule has 0 bridgehead atoms. The van der Waals surface area contributed by atoms with Crippen LogP contribution in [0.2, 0.25) is 10.0 Å². The summed E-state index contributed by atoms with van der Waals surface area (Å²) in [6, 6.07) is 13.2. The number of anilines is 2. The summed E-state index contributed by atoms with van der Waals surface area (Å²) in [5.41, 5.74) is 1.03. The number of nitriles is 1. The minimum Gasteiger partial charge on any atom is -0.324 e. The van der Waals surface area contributed by atoms with Crippen molar-refractivity contribution in [3.05, 3.63) is 58.1 Å². The van der Waals surface area contributed by atoms with Crippen LogP contribution in [0.1, 0.15) is 16.8 Å². The number of rotatable bonds is 4. The normalized spacial score (nSPS) is 9.78. The molecule has 0 fully saturated rings. The maximum atomic E-state index is 12.2. The molecule has 0 unspecified atom stereocenters. The minimum absolute atomic E-state index is 0.207. The van der Waals surface area contributed by atoms with E-state index in [0.717, 1.165) is 0 Å². The van der Waals surface area contributed by atoms with Gasteiger partial charge < -0.3 is 10.6 Å².